The number of H-pyrrole nitrogens is 1. The number of hydrogen-bond acceptors (Lipinski definition) is 4. The molecule has 0 saturated carbocycles. The maximum atomic E-state index is 11.2. The van der Waals surface area contributed by atoms with Crippen LogP contribution < -0.4 is 5.32 Å². The van der Waals surface area contributed by atoms with Crippen LogP contribution in [0.3, 0.4) is 0 Å². The van der Waals surface area contributed by atoms with Crippen LogP contribution >= 0.6 is 0 Å². The fourth-order valence-corrected chi connectivity index (χ4v) is 1.39. The molecule has 0 saturated heterocycles. The Kier molecular flexibility index (Phi) is 4.22. The molecule has 2 atom stereocenters. The van der Waals surface area contributed by atoms with Crippen molar-refractivity contribution in [2.45, 2.75) is 25.3 Å². The maximum Gasteiger partial charge on any atom is 0.326 e. The fourth-order valence-electron chi connectivity index (χ4n) is 1.39. The number of nitriles is 1. The van der Waals surface area contributed by atoms with Gasteiger partial charge in [-0.15, -0.1) is 0 Å². The Bertz CT molecular complexity index is 435. The van der Waals surface area contributed by atoms with Gasteiger partial charge in [-0.05, 0) is 0 Å². The minimum Gasteiger partial charge on any atom is -0.480 e. The van der Waals surface area contributed by atoms with E-state index in [4.69, 9.17) is 10.4 Å². The number of aliphatic carboxylic acids is 1. The van der Waals surface area contributed by atoms with E-state index < -0.39 is 23.8 Å². The van der Waals surface area contributed by atoms with Crippen molar-refractivity contribution in [1.29, 1.82) is 5.26 Å². The predicted molar refractivity (Wildman–Crippen MR) is 56.8 cm³/mol. The highest BCUT2D eigenvalue weighted by Crippen LogP contribution is 2.16. The van der Waals surface area contributed by atoms with Crippen molar-refractivity contribution < 1.29 is 14.7 Å². The molecule has 0 spiro atoms. The molecule has 7 nitrogen and oxygen atoms in total. The normalized spacial score (nSPS) is 13.4. The molecule has 1 heterocycles. The summed E-state index contributed by atoms with van der Waals surface area (Å²) in [6.45, 7) is 1.64. The molecule has 90 valence electrons. The molecule has 0 aliphatic heterocycles. The number of hydrogen-bond donors (Lipinski definition) is 3. The minimum atomic E-state index is -1.16. The number of aromatic amines is 1. The summed E-state index contributed by atoms with van der Waals surface area (Å²) in [5, 5.41) is 19.6. The quantitative estimate of drug-likeness (QED) is 0.664. The van der Waals surface area contributed by atoms with E-state index in [2.05, 4.69) is 15.3 Å². The summed E-state index contributed by atoms with van der Waals surface area (Å²) in [6, 6.07) is 0.561. The molecular formula is C10H12N4O3. The van der Waals surface area contributed by atoms with E-state index in [1.54, 1.807) is 19.2 Å². The second-order valence-electron chi connectivity index (χ2n) is 3.50. The number of aromatic nitrogens is 2. The standard InChI is InChI=1S/C10H12N4O3/c1-6(7-4-12-5-13-7)9(10(16)17)14-8(15)2-3-11/h4-6,9H,2H2,1H3,(H,12,13)(H,14,15)(H,16,17)/t6?,9-/m0/s1. The van der Waals surface area contributed by atoms with E-state index in [0.29, 0.717) is 5.69 Å². The number of rotatable bonds is 5. The molecule has 0 aromatic carbocycles. The summed E-state index contributed by atoms with van der Waals surface area (Å²) in [5.74, 6) is -2.25. The number of amides is 1. The zero-order valence-corrected chi connectivity index (χ0v) is 9.17. The molecular weight excluding hydrogens is 224 g/mol. The number of carboxylic acids is 1. The van der Waals surface area contributed by atoms with E-state index in [-0.39, 0.29) is 6.42 Å². The minimum absolute atomic E-state index is 0.364. The van der Waals surface area contributed by atoms with E-state index in [0.717, 1.165) is 0 Å². The molecule has 1 aromatic heterocycles. The molecule has 0 fully saturated rings. The Hall–Kier alpha value is -2.36. The monoisotopic (exact) mass is 236 g/mol. The number of carbonyl (C=O) groups excluding carboxylic acids is 1. The Balaban J connectivity index is 2.76. The second-order valence-corrected chi connectivity index (χ2v) is 3.50. The van der Waals surface area contributed by atoms with Crippen molar-refractivity contribution in [2.75, 3.05) is 0 Å². The summed E-state index contributed by atoms with van der Waals surface area (Å²) in [4.78, 5) is 28.9. The van der Waals surface area contributed by atoms with Gasteiger partial charge >= 0.3 is 5.97 Å². The highest BCUT2D eigenvalue weighted by atomic mass is 16.4. The molecule has 0 bridgehead atoms. The Morgan fingerprint density at radius 1 is 1.71 bits per heavy atom. The molecule has 0 aliphatic carbocycles. The lowest BCUT2D eigenvalue weighted by molar-refractivity contribution is -0.142. The largest absolute Gasteiger partial charge is 0.480 e. The van der Waals surface area contributed by atoms with Crippen molar-refractivity contribution in [3.8, 4) is 6.07 Å². The first-order chi connectivity index (χ1) is 8.06. The number of carbonyl (C=O) groups is 2. The van der Waals surface area contributed by atoms with Crippen molar-refractivity contribution >= 4 is 11.9 Å². The lowest BCUT2D eigenvalue weighted by atomic mass is 9.99. The lowest BCUT2D eigenvalue weighted by Crippen LogP contribution is -2.44. The van der Waals surface area contributed by atoms with Crippen molar-refractivity contribution in [1.82, 2.24) is 15.3 Å². The van der Waals surface area contributed by atoms with Crippen LogP contribution in [0.1, 0.15) is 25.0 Å². The summed E-state index contributed by atoms with van der Waals surface area (Å²) >= 11 is 0. The van der Waals surface area contributed by atoms with Gasteiger partial charge in [0.2, 0.25) is 5.91 Å². The third-order valence-corrected chi connectivity index (χ3v) is 2.31. The van der Waals surface area contributed by atoms with E-state index >= 15 is 0 Å². The van der Waals surface area contributed by atoms with Gasteiger partial charge in [-0.25, -0.2) is 9.78 Å². The first-order valence-corrected chi connectivity index (χ1v) is 4.94. The predicted octanol–water partition coefficient (Wildman–Crippen LogP) is -0.00372. The van der Waals surface area contributed by atoms with Crippen LogP contribution in [-0.4, -0.2) is 33.0 Å². The molecule has 3 N–H and O–H groups in total. The van der Waals surface area contributed by atoms with Gasteiger partial charge < -0.3 is 15.4 Å². The second kappa shape index (κ2) is 5.65. The van der Waals surface area contributed by atoms with E-state index in [1.807, 2.05) is 0 Å². The van der Waals surface area contributed by atoms with E-state index in [1.165, 1.54) is 6.33 Å². The first kappa shape index (κ1) is 12.7. The Labute approximate surface area is 97.5 Å². The molecule has 17 heavy (non-hydrogen) atoms. The lowest BCUT2D eigenvalue weighted by Gasteiger charge is -2.19. The number of carboxylic acid groups (broad SMARTS) is 1. The van der Waals surface area contributed by atoms with Gasteiger partial charge in [-0.2, -0.15) is 5.26 Å². The van der Waals surface area contributed by atoms with Crippen LogP contribution in [0.5, 0.6) is 0 Å². The van der Waals surface area contributed by atoms with Crippen molar-refractivity contribution in [3.63, 3.8) is 0 Å². The van der Waals surface area contributed by atoms with Gasteiger partial charge in [0.15, 0.2) is 0 Å². The third kappa shape index (κ3) is 3.31. The van der Waals surface area contributed by atoms with Gasteiger partial charge in [0.25, 0.3) is 0 Å². The Morgan fingerprint density at radius 3 is 2.88 bits per heavy atom. The van der Waals surface area contributed by atoms with Crippen LogP contribution in [0.15, 0.2) is 12.5 Å². The highest BCUT2D eigenvalue weighted by molar-refractivity contribution is 5.85. The van der Waals surface area contributed by atoms with Crippen LogP contribution in [-0.2, 0) is 9.59 Å². The van der Waals surface area contributed by atoms with Crippen molar-refractivity contribution in [2.24, 2.45) is 0 Å². The zero-order valence-electron chi connectivity index (χ0n) is 9.17. The molecule has 0 aliphatic rings. The summed E-state index contributed by atoms with van der Waals surface area (Å²) in [6.07, 6.45) is 2.63. The zero-order chi connectivity index (χ0) is 12.8. The van der Waals surface area contributed by atoms with Crippen LogP contribution in [0.4, 0.5) is 0 Å². The number of nitrogens with one attached hydrogen (secondary N) is 2. The maximum absolute atomic E-state index is 11.2. The number of imidazole rings is 1. The molecule has 1 amide bonds. The molecule has 0 radical (unpaired) electrons. The van der Waals surface area contributed by atoms with Gasteiger partial charge in [0.05, 0.1) is 18.1 Å². The highest BCUT2D eigenvalue weighted by Gasteiger charge is 2.28. The molecule has 7 heteroatoms. The summed E-state index contributed by atoms with van der Waals surface area (Å²) < 4.78 is 0. The van der Waals surface area contributed by atoms with Gasteiger partial charge in [-0.1, -0.05) is 6.92 Å². The first-order valence-electron chi connectivity index (χ1n) is 4.94. The SMILES string of the molecule is CC(c1c[nH]cn1)[C@H](NC(=O)CC#N)C(=O)O. The average Bonchev–Trinajstić information content (AvgIpc) is 2.78. The molecule has 1 rings (SSSR count). The topological polar surface area (TPSA) is 119 Å². The number of nitrogens with zero attached hydrogens (tertiary/aromatic N) is 2. The average molecular weight is 236 g/mol. The van der Waals surface area contributed by atoms with Crippen LogP contribution in [0.25, 0.3) is 0 Å². The summed E-state index contributed by atoms with van der Waals surface area (Å²) in [7, 11) is 0. The van der Waals surface area contributed by atoms with Crippen molar-refractivity contribution in [3.05, 3.63) is 18.2 Å². The van der Waals surface area contributed by atoms with Crippen LogP contribution in [0, 0.1) is 11.3 Å². The van der Waals surface area contributed by atoms with Gasteiger partial charge in [-0.3, -0.25) is 4.79 Å². The molecule has 1 unspecified atom stereocenters. The van der Waals surface area contributed by atoms with E-state index in [9.17, 15) is 9.59 Å². The fraction of sp³-hybridized carbons (Fsp3) is 0.400. The summed E-state index contributed by atoms with van der Waals surface area (Å²) in [5.41, 5.74) is 0.537. The molecule has 1 aromatic rings. The van der Waals surface area contributed by atoms with Gasteiger partial charge in [0, 0.05) is 12.1 Å². The van der Waals surface area contributed by atoms with Crippen LogP contribution in [0.2, 0.25) is 0 Å². The van der Waals surface area contributed by atoms with Gasteiger partial charge in [0.1, 0.15) is 12.5 Å². The third-order valence-electron chi connectivity index (χ3n) is 2.31. The Morgan fingerprint density at radius 2 is 2.41 bits per heavy atom. The smallest absolute Gasteiger partial charge is 0.326 e.